The fourth-order valence-electron chi connectivity index (χ4n) is 3.00. The zero-order valence-electron chi connectivity index (χ0n) is 12.4. The minimum Gasteiger partial charge on any atom is -0.360 e. The predicted molar refractivity (Wildman–Crippen MR) is 83.8 cm³/mol. The van der Waals surface area contributed by atoms with Gasteiger partial charge in [0, 0.05) is 36.2 Å². The van der Waals surface area contributed by atoms with E-state index in [0.29, 0.717) is 24.0 Å². The molecule has 2 aromatic rings. The van der Waals surface area contributed by atoms with Crippen LogP contribution in [0.15, 0.2) is 35.4 Å². The van der Waals surface area contributed by atoms with Crippen molar-refractivity contribution in [3.63, 3.8) is 0 Å². The van der Waals surface area contributed by atoms with Gasteiger partial charge in [-0.05, 0) is 33.0 Å². The van der Waals surface area contributed by atoms with Crippen molar-refractivity contribution in [1.82, 2.24) is 14.2 Å². The summed E-state index contributed by atoms with van der Waals surface area (Å²) in [5.41, 5.74) is 0.860. The first kappa shape index (κ1) is 14.6. The molecule has 114 valence electrons. The third-order valence-electron chi connectivity index (χ3n) is 4.32. The van der Waals surface area contributed by atoms with Gasteiger partial charge in [0.15, 0.2) is 0 Å². The van der Waals surface area contributed by atoms with E-state index in [1.54, 1.807) is 10.5 Å². The molecule has 21 heavy (non-hydrogen) atoms. The number of para-hydroxylation sites is 1. The third kappa shape index (κ3) is 2.59. The molecule has 1 saturated heterocycles. The Kier molecular flexibility index (Phi) is 3.77. The highest BCUT2D eigenvalue weighted by molar-refractivity contribution is 7.89. The maximum absolute atomic E-state index is 12.8. The van der Waals surface area contributed by atoms with Crippen LogP contribution in [0.4, 0.5) is 0 Å². The van der Waals surface area contributed by atoms with Crippen molar-refractivity contribution in [2.75, 3.05) is 27.2 Å². The molecule has 1 aliphatic rings. The molecule has 1 N–H and O–H groups in total. The van der Waals surface area contributed by atoms with Gasteiger partial charge in [-0.1, -0.05) is 18.2 Å². The van der Waals surface area contributed by atoms with Gasteiger partial charge in [-0.15, -0.1) is 0 Å². The zero-order valence-corrected chi connectivity index (χ0v) is 13.2. The Balaban J connectivity index is 1.88. The van der Waals surface area contributed by atoms with Crippen molar-refractivity contribution in [3.8, 4) is 0 Å². The highest BCUT2D eigenvalue weighted by atomic mass is 32.2. The van der Waals surface area contributed by atoms with Crippen LogP contribution >= 0.6 is 0 Å². The van der Waals surface area contributed by atoms with Crippen LogP contribution in [-0.4, -0.2) is 55.8 Å². The molecule has 5 nitrogen and oxygen atoms in total. The molecule has 0 atom stereocenters. The smallest absolute Gasteiger partial charge is 0.245 e. The Morgan fingerprint density at radius 3 is 2.52 bits per heavy atom. The fraction of sp³-hybridized carbons (Fsp3) is 0.467. The summed E-state index contributed by atoms with van der Waals surface area (Å²) in [4.78, 5) is 5.61. The van der Waals surface area contributed by atoms with E-state index in [1.807, 2.05) is 24.3 Å². The van der Waals surface area contributed by atoms with Gasteiger partial charge in [-0.2, -0.15) is 4.31 Å². The number of nitrogens with one attached hydrogen (secondary N) is 1. The van der Waals surface area contributed by atoms with E-state index in [0.717, 1.165) is 23.7 Å². The molecule has 1 fully saturated rings. The van der Waals surface area contributed by atoms with Gasteiger partial charge in [0.1, 0.15) is 4.90 Å². The van der Waals surface area contributed by atoms with E-state index >= 15 is 0 Å². The van der Waals surface area contributed by atoms with Crippen LogP contribution < -0.4 is 0 Å². The molecule has 1 aromatic carbocycles. The van der Waals surface area contributed by atoms with E-state index in [1.165, 1.54) is 0 Å². The van der Waals surface area contributed by atoms with E-state index in [2.05, 4.69) is 24.0 Å². The van der Waals surface area contributed by atoms with E-state index in [4.69, 9.17) is 0 Å². The molecule has 0 bridgehead atoms. The predicted octanol–water partition coefficient (Wildman–Crippen LogP) is 1.88. The monoisotopic (exact) mass is 307 g/mol. The number of fused-ring (bicyclic) bond motifs is 1. The standard InChI is InChI=1S/C15H21N3O2S/c1-17(2)12-7-9-18(10-8-12)21(19,20)15-11-16-14-6-4-3-5-13(14)15/h3-6,11-12,16H,7-10H2,1-2H3. The number of sulfonamides is 1. The Labute approximate surface area is 125 Å². The molecule has 2 heterocycles. The summed E-state index contributed by atoms with van der Waals surface area (Å²) in [6.07, 6.45) is 3.38. The van der Waals surface area contributed by atoms with Gasteiger partial charge in [-0.3, -0.25) is 0 Å². The lowest BCUT2D eigenvalue weighted by Crippen LogP contribution is -2.44. The van der Waals surface area contributed by atoms with Gasteiger partial charge < -0.3 is 9.88 Å². The molecule has 3 rings (SSSR count). The molecule has 1 aliphatic heterocycles. The van der Waals surface area contributed by atoms with Gasteiger partial charge in [-0.25, -0.2) is 8.42 Å². The van der Waals surface area contributed by atoms with E-state index in [-0.39, 0.29) is 0 Å². The van der Waals surface area contributed by atoms with Crippen LogP contribution in [0, 0.1) is 0 Å². The van der Waals surface area contributed by atoms with Crippen LogP contribution in [0.25, 0.3) is 10.9 Å². The van der Waals surface area contributed by atoms with Gasteiger partial charge >= 0.3 is 0 Å². The maximum Gasteiger partial charge on any atom is 0.245 e. The lowest BCUT2D eigenvalue weighted by molar-refractivity contribution is 0.196. The number of H-pyrrole nitrogens is 1. The molecule has 0 amide bonds. The molecule has 6 heteroatoms. The molecule has 0 saturated carbocycles. The van der Waals surface area contributed by atoms with Crippen LogP contribution in [-0.2, 0) is 10.0 Å². The number of nitrogens with zero attached hydrogens (tertiary/aromatic N) is 2. The van der Waals surface area contributed by atoms with E-state index < -0.39 is 10.0 Å². The maximum atomic E-state index is 12.8. The number of rotatable bonds is 3. The summed E-state index contributed by atoms with van der Waals surface area (Å²) in [6, 6.07) is 7.99. The van der Waals surface area contributed by atoms with Crippen molar-refractivity contribution in [2.24, 2.45) is 0 Å². The van der Waals surface area contributed by atoms with Crippen molar-refractivity contribution < 1.29 is 8.42 Å². The molecule has 1 aromatic heterocycles. The lowest BCUT2D eigenvalue weighted by atomic mass is 10.1. The van der Waals surface area contributed by atoms with Gasteiger partial charge in [0.2, 0.25) is 10.0 Å². The summed E-state index contributed by atoms with van der Waals surface area (Å²) < 4.78 is 27.3. The number of benzene rings is 1. The molecular formula is C15H21N3O2S. The average Bonchev–Trinajstić information content (AvgIpc) is 2.92. The topological polar surface area (TPSA) is 56.4 Å². The Morgan fingerprint density at radius 1 is 1.19 bits per heavy atom. The van der Waals surface area contributed by atoms with Crippen LogP contribution in [0.5, 0.6) is 0 Å². The molecule has 0 aliphatic carbocycles. The molecule has 0 radical (unpaired) electrons. The summed E-state index contributed by atoms with van der Waals surface area (Å²) in [5, 5.41) is 0.771. The average molecular weight is 307 g/mol. The summed E-state index contributed by atoms with van der Waals surface area (Å²) >= 11 is 0. The zero-order chi connectivity index (χ0) is 15.0. The Bertz CT molecular complexity index is 728. The third-order valence-corrected chi connectivity index (χ3v) is 6.26. The number of aromatic amines is 1. The minimum atomic E-state index is -3.41. The number of piperidine rings is 1. The number of hydrogen-bond acceptors (Lipinski definition) is 3. The molecular weight excluding hydrogens is 286 g/mol. The first-order valence-corrected chi connectivity index (χ1v) is 8.67. The lowest BCUT2D eigenvalue weighted by Gasteiger charge is -2.34. The second-order valence-corrected chi connectivity index (χ2v) is 7.70. The normalized spacial score (nSPS) is 18.6. The van der Waals surface area contributed by atoms with Crippen molar-refractivity contribution in [3.05, 3.63) is 30.5 Å². The second-order valence-electron chi connectivity index (χ2n) is 5.80. The number of aromatic nitrogens is 1. The summed E-state index contributed by atoms with van der Waals surface area (Å²) in [5.74, 6) is 0. The number of hydrogen-bond donors (Lipinski definition) is 1. The first-order chi connectivity index (χ1) is 10.00. The Morgan fingerprint density at radius 2 is 1.86 bits per heavy atom. The van der Waals surface area contributed by atoms with Gasteiger partial charge in [0.05, 0.1) is 0 Å². The van der Waals surface area contributed by atoms with Crippen molar-refractivity contribution >= 4 is 20.9 Å². The van der Waals surface area contributed by atoms with Crippen molar-refractivity contribution in [2.45, 2.75) is 23.8 Å². The Hall–Kier alpha value is -1.37. The second kappa shape index (κ2) is 5.44. The summed E-state index contributed by atoms with van der Waals surface area (Å²) in [6.45, 7) is 1.18. The highest BCUT2D eigenvalue weighted by Gasteiger charge is 2.31. The fourth-order valence-corrected chi connectivity index (χ4v) is 4.63. The first-order valence-electron chi connectivity index (χ1n) is 7.23. The largest absolute Gasteiger partial charge is 0.360 e. The SMILES string of the molecule is CN(C)C1CCN(S(=O)(=O)c2c[nH]c3ccccc23)CC1. The minimum absolute atomic E-state index is 0.390. The molecule has 0 unspecified atom stereocenters. The van der Waals surface area contributed by atoms with Gasteiger partial charge in [0.25, 0.3) is 0 Å². The van der Waals surface area contributed by atoms with Crippen LogP contribution in [0.1, 0.15) is 12.8 Å². The van der Waals surface area contributed by atoms with Crippen LogP contribution in [0.3, 0.4) is 0 Å². The van der Waals surface area contributed by atoms with Crippen LogP contribution in [0.2, 0.25) is 0 Å². The summed E-state index contributed by atoms with van der Waals surface area (Å²) in [7, 11) is 0.689. The highest BCUT2D eigenvalue weighted by Crippen LogP contribution is 2.27. The quantitative estimate of drug-likeness (QED) is 0.942. The van der Waals surface area contributed by atoms with Crippen molar-refractivity contribution in [1.29, 1.82) is 0 Å². The van der Waals surface area contributed by atoms with E-state index in [9.17, 15) is 8.42 Å². The molecule has 0 spiro atoms.